The van der Waals surface area contributed by atoms with Crippen LogP contribution in [0, 0.1) is 0 Å². The van der Waals surface area contributed by atoms with Gasteiger partial charge in [-0.3, -0.25) is 0 Å². The van der Waals surface area contributed by atoms with E-state index in [9.17, 15) is 0 Å². The van der Waals surface area contributed by atoms with Gasteiger partial charge in [-0.1, -0.05) is 41.9 Å². The zero-order valence-corrected chi connectivity index (χ0v) is 11.3. The fourth-order valence-corrected chi connectivity index (χ4v) is 2.71. The van der Waals surface area contributed by atoms with Crippen LogP contribution in [0.2, 0.25) is 5.02 Å². The summed E-state index contributed by atoms with van der Waals surface area (Å²) in [6.07, 6.45) is 2.09. The van der Waals surface area contributed by atoms with E-state index in [4.69, 9.17) is 11.6 Å². The van der Waals surface area contributed by atoms with Crippen molar-refractivity contribution in [2.75, 3.05) is 6.54 Å². The second-order valence-corrected chi connectivity index (χ2v) is 5.12. The molecule has 0 radical (unpaired) electrons. The summed E-state index contributed by atoms with van der Waals surface area (Å²) in [5.74, 6) is 0.299. The lowest BCUT2D eigenvalue weighted by Crippen LogP contribution is -2.53. The molecule has 0 unspecified atom stereocenters. The van der Waals surface area contributed by atoms with Crippen molar-refractivity contribution >= 4 is 22.5 Å². The Hall–Kier alpha value is -1.77. The molecule has 0 amide bonds. The third-order valence-electron chi connectivity index (χ3n) is 3.56. The molecular weight excluding hydrogens is 256 g/mol. The van der Waals surface area contributed by atoms with Gasteiger partial charge in [0.1, 0.15) is 0 Å². The topological polar surface area (TPSA) is 43.4 Å². The molecule has 0 spiro atoms. The number of hydrogen-bond donors (Lipinski definition) is 2. The number of benzene rings is 2. The highest BCUT2D eigenvalue weighted by Gasteiger charge is 2.18. The molecule has 1 heterocycles. The van der Waals surface area contributed by atoms with Crippen molar-refractivity contribution in [3.63, 3.8) is 0 Å². The van der Waals surface area contributed by atoms with Gasteiger partial charge < -0.3 is 10.7 Å². The molecule has 3 heteroatoms. The second-order valence-electron chi connectivity index (χ2n) is 4.68. The summed E-state index contributed by atoms with van der Waals surface area (Å²) in [6, 6.07) is 16.4. The predicted molar refractivity (Wildman–Crippen MR) is 79.3 cm³/mol. The molecule has 96 valence electrons. The van der Waals surface area contributed by atoms with Gasteiger partial charge >= 0.3 is 0 Å². The minimum Gasteiger partial charge on any atom is -0.361 e. The van der Waals surface area contributed by atoms with Crippen molar-refractivity contribution in [1.29, 1.82) is 0 Å². The Bertz CT molecular complexity index is 685. The maximum atomic E-state index is 5.96. The number of aromatic nitrogens is 1. The summed E-state index contributed by atoms with van der Waals surface area (Å²) in [5.41, 5.74) is 7.82. The van der Waals surface area contributed by atoms with Gasteiger partial charge in [0.05, 0.1) is 12.5 Å². The highest BCUT2D eigenvalue weighted by Crippen LogP contribution is 2.30. The minimum absolute atomic E-state index is 0.299. The summed E-state index contributed by atoms with van der Waals surface area (Å²) >= 11 is 5.96. The molecule has 0 aliphatic carbocycles. The Morgan fingerprint density at radius 2 is 1.79 bits per heavy atom. The van der Waals surface area contributed by atoms with E-state index in [2.05, 4.69) is 47.2 Å². The van der Waals surface area contributed by atoms with E-state index in [-0.39, 0.29) is 0 Å². The smallest absolute Gasteiger partial charge is 0.0851 e. The number of aromatic amines is 1. The monoisotopic (exact) mass is 271 g/mol. The first kappa shape index (κ1) is 12.3. The van der Waals surface area contributed by atoms with Gasteiger partial charge in [0.25, 0.3) is 0 Å². The third-order valence-corrected chi connectivity index (χ3v) is 3.81. The van der Waals surface area contributed by atoms with Crippen LogP contribution in [0.5, 0.6) is 0 Å². The van der Waals surface area contributed by atoms with Gasteiger partial charge in [-0.15, -0.1) is 0 Å². The molecule has 3 aromatic rings. The quantitative estimate of drug-likeness (QED) is 0.735. The Morgan fingerprint density at radius 1 is 1.05 bits per heavy atom. The van der Waals surface area contributed by atoms with Crippen LogP contribution >= 0.6 is 11.6 Å². The molecule has 3 rings (SSSR count). The summed E-state index contributed by atoms with van der Waals surface area (Å²) in [6.45, 7) is 0.823. The summed E-state index contributed by atoms with van der Waals surface area (Å²) in [5, 5.41) is 2.04. The van der Waals surface area contributed by atoms with E-state index >= 15 is 0 Å². The number of nitrogens with one attached hydrogen (secondary N) is 1. The van der Waals surface area contributed by atoms with Crippen molar-refractivity contribution < 1.29 is 5.73 Å². The first-order chi connectivity index (χ1) is 9.29. The molecule has 19 heavy (non-hydrogen) atoms. The predicted octanol–water partition coefficient (Wildman–Crippen LogP) is 3.20. The van der Waals surface area contributed by atoms with E-state index < -0.39 is 0 Å². The molecule has 0 fully saturated rings. The SMILES string of the molecule is [NH3+]C[C@H](c1ccc(Cl)cc1)c1c[nH]c2ccccc12. The van der Waals surface area contributed by atoms with Crippen LogP contribution in [0.3, 0.4) is 0 Å². The van der Waals surface area contributed by atoms with Crippen molar-refractivity contribution in [1.82, 2.24) is 4.98 Å². The Balaban J connectivity index is 2.09. The second kappa shape index (κ2) is 5.08. The highest BCUT2D eigenvalue weighted by molar-refractivity contribution is 6.30. The van der Waals surface area contributed by atoms with E-state index in [1.807, 2.05) is 18.2 Å². The van der Waals surface area contributed by atoms with Crippen molar-refractivity contribution in [3.05, 3.63) is 70.9 Å². The third kappa shape index (κ3) is 2.25. The van der Waals surface area contributed by atoms with Crippen LogP contribution in [-0.4, -0.2) is 11.5 Å². The van der Waals surface area contributed by atoms with Gasteiger partial charge in [-0.05, 0) is 29.3 Å². The average molecular weight is 272 g/mol. The van der Waals surface area contributed by atoms with Crippen molar-refractivity contribution in [3.8, 4) is 0 Å². The summed E-state index contributed by atoms with van der Waals surface area (Å²) < 4.78 is 0. The molecule has 2 nitrogen and oxygen atoms in total. The van der Waals surface area contributed by atoms with Gasteiger partial charge in [-0.2, -0.15) is 0 Å². The van der Waals surface area contributed by atoms with Crippen molar-refractivity contribution in [2.24, 2.45) is 0 Å². The lowest BCUT2D eigenvalue weighted by Gasteiger charge is -2.13. The minimum atomic E-state index is 0.299. The van der Waals surface area contributed by atoms with Crippen LogP contribution < -0.4 is 5.73 Å². The number of para-hydroxylation sites is 1. The van der Waals surface area contributed by atoms with Crippen LogP contribution in [-0.2, 0) is 0 Å². The van der Waals surface area contributed by atoms with Crippen molar-refractivity contribution in [2.45, 2.75) is 5.92 Å². The molecular formula is C16H16ClN2+. The zero-order valence-electron chi connectivity index (χ0n) is 10.6. The average Bonchev–Trinajstić information content (AvgIpc) is 2.86. The molecule has 2 aromatic carbocycles. The van der Waals surface area contributed by atoms with E-state index in [0.717, 1.165) is 11.6 Å². The first-order valence-corrected chi connectivity index (χ1v) is 6.78. The van der Waals surface area contributed by atoms with Crippen LogP contribution in [0.1, 0.15) is 17.0 Å². The van der Waals surface area contributed by atoms with Crippen LogP contribution in [0.25, 0.3) is 10.9 Å². The summed E-state index contributed by atoms with van der Waals surface area (Å²) in [7, 11) is 0. The Morgan fingerprint density at radius 3 is 2.53 bits per heavy atom. The van der Waals surface area contributed by atoms with E-state index in [1.165, 1.54) is 22.0 Å². The van der Waals surface area contributed by atoms with Crippen LogP contribution in [0.15, 0.2) is 54.7 Å². The van der Waals surface area contributed by atoms with Gasteiger partial charge in [0, 0.05) is 22.1 Å². The molecule has 0 saturated heterocycles. The van der Waals surface area contributed by atoms with Gasteiger partial charge in [-0.25, -0.2) is 0 Å². The maximum Gasteiger partial charge on any atom is 0.0851 e. The number of fused-ring (bicyclic) bond motifs is 1. The number of halogens is 1. The number of H-pyrrole nitrogens is 1. The molecule has 1 aromatic heterocycles. The maximum absolute atomic E-state index is 5.96. The van der Waals surface area contributed by atoms with Gasteiger partial charge in [0.15, 0.2) is 0 Å². The largest absolute Gasteiger partial charge is 0.361 e. The number of hydrogen-bond acceptors (Lipinski definition) is 0. The van der Waals surface area contributed by atoms with E-state index in [0.29, 0.717) is 5.92 Å². The Kier molecular flexibility index (Phi) is 3.28. The standard InChI is InChI=1S/C16H15ClN2/c17-12-7-5-11(6-8-12)14(9-18)15-10-19-16-4-2-1-3-13(15)16/h1-8,10,14,19H,9,18H2/p+1/t14-/m1/s1. The molecule has 1 atom stereocenters. The molecule has 4 N–H and O–H groups in total. The zero-order chi connectivity index (χ0) is 13.2. The normalized spacial score (nSPS) is 12.7. The lowest BCUT2D eigenvalue weighted by atomic mass is 9.91. The number of rotatable bonds is 3. The molecule has 0 aliphatic heterocycles. The van der Waals surface area contributed by atoms with Gasteiger partial charge in [0.2, 0.25) is 0 Å². The fourth-order valence-electron chi connectivity index (χ4n) is 2.58. The Labute approximate surface area is 117 Å². The van der Waals surface area contributed by atoms with E-state index in [1.54, 1.807) is 0 Å². The molecule has 0 aliphatic rings. The lowest BCUT2D eigenvalue weighted by molar-refractivity contribution is -0.370. The first-order valence-electron chi connectivity index (χ1n) is 6.40. The number of quaternary nitrogens is 1. The fraction of sp³-hybridized carbons (Fsp3) is 0.125. The van der Waals surface area contributed by atoms with Crippen LogP contribution in [0.4, 0.5) is 0 Å². The highest BCUT2D eigenvalue weighted by atomic mass is 35.5. The summed E-state index contributed by atoms with van der Waals surface area (Å²) in [4.78, 5) is 3.33. The molecule has 0 saturated carbocycles. The molecule has 0 bridgehead atoms.